The van der Waals surface area contributed by atoms with E-state index in [1.54, 1.807) is 0 Å². The van der Waals surface area contributed by atoms with Gasteiger partial charge in [-0.05, 0) is 18.3 Å². The summed E-state index contributed by atoms with van der Waals surface area (Å²) in [5.41, 5.74) is 0.283. The van der Waals surface area contributed by atoms with Crippen molar-refractivity contribution >= 4 is 5.97 Å². The minimum absolute atomic E-state index is 0.216. The molecule has 0 amide bonds. The summed E-state index contributed by atoms with van der Waals surface area (Å²) in [4.78, 5) is 12.8. The third-order valence-electron chi connectivity index (χ3n) is 4.59. The molecule has 0 aromatic heterocycles. The maximum absolute atomic E-state index is 10.6. The van der Waals surface area contributed by atoms with E-state index in [9.17, 15) is 9.90 Å². The fourth-order valence-electron chi connectivity index (χ4n) is 3.64. The van der Waals surface area contributed by atoms with Crippen LogP contribution in [0.1, 0.15) is 38.5 Å². The Morgan fingerprint density at radius 2 is 2.00 bits per heavy atom. The van der Waals surface area contributed by atoms with E-state index in [4.69, 9.17) is 5.11 Å². The van der Waals surface area contributed by atoms with Crippen molar-refractivity contribution in [3.63, 3.8) is 0 Å². The first kappa shape index (κ1) is 12.8. The van der Waals surface area contributed by atoms with Gasteiger partial charge in [-0.2, -0.15) is 0 Å². The van der Waals surface area contributed by atoms with Gasteiger partial charge in [0, 0.05) is 32.2 Å². The van der Waals surface area contributed by atoms with Gasteiger partial charge in [0.25, 0.3) is 0 Å². The fourth-order valence-corrected chi connectivity index (χ4v) is 3.64. The van der Waals surface area contributed by atoms with E-state index in [1.165, 1.54) is 32.1 Å². The summed E-state index contributed by atoms with van der Waals surface area (Å²) in [6.45, 7) is 2.76. The van der Waals surface area contributed by atoms with Gasteiger partial charge in [-0.3, -0.25) is 4.79 Å². The standard InChI is InChI=1S/C13H23NO3/c15-9-11-8-14(7-4-12(16)17)10-13(11)5-2-1-3-6-13/h11,15H,1-10H2,(H,16,17). The molecule has 98 valence electrons. The zero-order valence-corrected chi connectivity index (χ0v) is 10.4. The summed E-state index contributed by atoms with van der Waals surface area (Å²) >= 11 is 0. The van der Waals surface area contributed by atoms with Crippen LogP contribution in [0.5, 0.6) is 0 Å². The highest BCUT2D eigenvalue weighted by Gasteiger charge is 2.46. The second-order valence-corrected chi connectivity index (χ2v) is 5.68. The molecule has 1 aliphatic carbocycles. The number of hydrogen-bond donors (Lipinski definition) is 2. The predicted octanol–water partition coefficient (Wildman–Crippen LogP) is 1.34. The van der Waals surface area contributed by atoms with E-state index in [0.29, 0.717) is 12.5 Å². The number of aliphatic hydroxyl groups is 1. The molecule has 0 bridgehead atoms. The van der Waals surface area contributed by atoms with Gasteiger partial charge in [-0.15, -0.1) is 0 Å². The highest BCUT2D eigenvalue weighted by molar-refractivity contribution is 5.66. The van der Waals surface area contributed by atoms with Crippen LogP contribution in [0.4, 0.5) is 0 Å². The van der Waals surface area contributed by atoms with Crippen molar-refractivity contribution in [3.8, 4) is 0 Å². The molecule has 0 aromatic carbocycles. The van der Waals surface area contributed by atoms with E-state index >= 15 is 0 Å². The number of carboxylic acid groups (broad SMARTS) is 1. The van der Waals surface area contributed by atoms with Gasteiger partial charge in [0.15, 0.2) is 0 Å². The van der Waals surface area contributed by atoms with Crippen molar-refractivity contribution in [3.05, 3.63) is 0 Å². The number of rotatable bonds is 4. The molecule has 0 aromatic rings. The Morgan fingerprint density at radius 1 is 1.29 bits per heavy atom. The van der Waals surface area contributed by atoms with Crippen LogP contribution < -0.4 is 0 Å². The van der Waals surface area contributed by atoms with E-state index < -0.39 is 5.97 Å². The highest BCUT2D eigenvalue weighted by atomic mass is 16.4. The van der Waals surface area contributed by atoms with Gasteiger partial charge in [0.1, 0.15) is 0 Å². The number of carboxylic acids is 1. The summed E-state index contributed by atoms with van der Waals surface area (Å²) < 4.78 is 0. The first-order chi connectivity index (χ1) is 8.16. The first-order valence-corrected chi connectivity index (χ1v) is 6.71. The normalized spacial score (nSPS) is 28.6. The first-order valence-electron chi connectivity index (χ1n) is 6.71. The van der Waals surface area contributed by atoms with Crippen molar-refractivity contribution in [2.24, 2.45) is 11.3 Å². The Kier molecular flexibility index (Phi) is 4.05. The van der Waals surface area contributed by atoms with Gasteiger partial charge in [0.2, 0.25) is 0 Å². The monoisotopic (exact) mass is 241 g/mol. The third-order valence-corrected chi connectivity index (χ3v) is 4.59. The lowest BCUT2D eigenvalue weighted by molar-refractivity contribution is -0.137. The van der Waals surface area contributed by atoms with Crippen molar-refractivity contribution in [2.45, 2.75) is 38.5 Å². The lowest BCUT2D eigenvalue weighted by Gasteiger charge is -2.37. The van der Waals surface area contributed by atoms with Gasteiger partial charge in [-0.1, -0.05) is 19.3 Å². The average Bonchev–Trinajstić information content (AvgIpc) is 2.65. The number of hydrogen-bond acceptors (Lipinski definition) is 3. The molecular formula is C13H23NO3. The van der Waals surface area contributed by atoms with Gasteiger partial charge in [0.05, 0.1) is 6.42 Å². The number of nitrogens with zero attached hydrogens (tertiary/aromatic N) is 1. The van der Waals surface area contributed by atoms with Crippen molar-refractivity contribution in [1.82, 2.24) is 4.90 Å². The molecule has 1 spiro atoms. The molecule has 1 saturated carbocycles. The lowest BCUT2D eigenvalue weighted by atomic mass is 9.68. The summed E-state index contributed by atoms with van der Waals surface area (Å²) in [5, 5.41) is 18.3. The largest absolute Gasteiger partial charge is 0.481 e. The molecule has 1 unspecified atom stereocenters. The molecule has 4 nitrogen and oxygen atoms in total. The summed E-state index contributed by atoms with van der Waals surface area (Å²) in [6, 6.07) is 0. The van der Waals surface area contributed by atoms with Crippen molar-refractivity contribution in [1.29, 1.82) is 0 Å². The minimum atomic E-state index is -0.727. The van der Waals surface area contributed by atoms with Crippen LogP contribution in [0.25, 0.3) is 0 Å². The third kappa shape index (κ3) is 2.80. The van der Waals surface area contributed by atoms with Crippen LogP contribution in [-0.2, 0) is 4.79 Å². The second-order valence-electron chi connectivity index (χ2n) is 5.68. The zero-order valence-electron chi connectivity index (χ0n) is 10.4. The lowest BCUT2D eigenvalue weighted by Crippen LogP contribution is -2.34. The molecule has 2 aliphatic rings. The van der Waals surface area contributed by atoms with Crippen LogP contribution in [-0.4, -0.2) is 47.3 Å². The number of aliphatic carboxylic acids is 1. The molecule has 4 heteroatoms. The maximum Gasteiger partial charge on any atom is 0.304 e. The zero-order chi connectivity index (χ0) is 12.3. The SMILES string of the molecule is O=C(O)CCN1CC(CO)C2(CCCCC2)C1. The fraction of sp³-hybridized carbons (Fsp3) is 0.923. The molecule has 1 aliphatic heterocycles. The number of likely N-dealkylation sites (tertiary alicyclic amines) is 1. The number of aliphatic hydroxyl groups excluding tert-OH is 1. The predicted molar refractivity (Wildman–Crippen MR) is 64.8 cm³/mol. The molecule has 1 saturated heterocycles. The Bertz CT molecular complexity index is 274. The van der Waals surface area contributed by atoms with Crippen molar-refractivity contribution < 1.29 is 15.0 Å². The van der Waals surface area contributed by atoms with Crippen LogP contribution >= 0.6 is 0 Å². The van der Waals surface area contributed by atoms with Gasteiger partial charge < -0.3 is 15.1 Å². The van der Waals surface area contributed by atoms with E-state index in [0.717, 1.165) is 13.1 Å². The Balaban J connectivity index is 1.95. The highest BCUT2D eigenvalue weighted by Crippen LogP contribution is 2.47. The Hall–Kier alpha value is -0.610. The topological polar surface area (TPSA) is 60.8 Å². The molecule has 17 heavy (non-hydrogen) atoms. The summed E-state index contributed by atoms with van der Waals surface area (Å²) in [7, 11) is 0. The van der Waals surface area contributed by atoms with E-state index in [-0.39, 0.29) is 18.4 Å². The Labute approximate surface area is 103 Å². The molecule has 1 heterocycles. The molecule has 2 N–H and O–H groups in total. The summed E-state index contributed by atoms with van der Waals surface area (Å²) in [5.74, 6) is -0.369. The van der Waals surface area contributed by atoms with Crippen molar-refractivity contribution in [2.75, 3.05) is 26.2 Å². The molecule has 0 radical (unpaired) electrons. The van der Waals surface area contributed by atoms with Crippen LogP contribution in [0.3, 0.4) is 0 Å². The van der Waals surface area contributed by atoms with Gasteiger partial charge in [-0.25, -0.2) is 0 Å². The smallest absolute Gasteiger partial charge is 0.304 e. The van der Waals surface area contributed by atoms with Crippen LogP contribution in [0.15, 0.2) is 0 Å². The summed E-state index contributed by atoms with van der Waals surface area (Å²) in [6.07, 6.45) is 6.49. The maximum atomic E-state index is 10.6. The van der Waals surface area contributed by atoms with E-state index in [2.05, 4.69) is 4.90 Å². The van der Waals surface area contributed by atoms with Crippen LogP contribution in [0, 0.1) is 11.3 Å². The molecular weight excluding hydrogens is 218 g/mol. The van der Waals surface area contributed by atoms with E-state index in [1.807, 2.05) is 0 Å². The molecule has 2 fully saturated rings. The number of carbonyl (C=O) groups is 1. The quantitative estimate of drug-likeness (QED) is 0.779. The van der Waals surface area contributed by atoms with Crippen LogP contribution in [0.2, 0.25) is 0 Å². The Morgan fingerprint density at radius 3 is 2.59 bits per heavy atom. The molecule has 1 atom stereocenters. The molecule has 2 rings (SSSR count). The van der Waals surface area contributed by atoms with Gasteiger partial charge >= 0.3 is 5.97 Å². The second kappa shape index (κ2) is 5.36. The average molecular weight is 241 g/mol. The minimum Gasteiger partial charge on any atom is -0.481 e.